The van der Waals surface area contributed by atoms with Crippen LogP contribution < -0.4 is 16.0 Å². The highest BCUT2D eigenvalue weighted by Crippen LogP contribution is 2.26. The Kier molecular flexibility index (Phi) is 5.98. The highest BCUT2D eigenvalue weighted by molar-refractivity contribution is 7.17. The molecular weight excluding hydrogens is 392 g/mol. The Hall–Kier alpha value is -2.17. The smallest absolute Gasteiger partial charge is 0.287 e. The number of nitrogens with one attached hydrogen (secondary N) is 2. The number of nitrogens with zero attached hydrogens (tertiary/aromatic N) is 3. The van der Waals surface area contributed by atoms with Gasteiger partial charge in [0.05, 0.1) is 24.0 Å². The summed E-state index contributed by atoms with van der Waals surface area (Å²) in [5, 5.41) is 3.99. The maximum atomic E-state index is 12.5. The topological polar surface area (TPSA) is 126 Å². The molecule has 2 aromatic heterocycles. The quantitative estimate of drug-likeness (QED) is 0.654. The summed E-state index contributed by atoms with van der Waals surface area (Å²) in [7, 11) is 1.60. The number of carbonyl (C=O) groups excluding carboxylic acids is 2. The largest absolute Gasteiger partial charge is 0.377 e. The van der Waals surface area contributed by atoms with E-state index in [2.05, 4.69) is 20.3 Å². The van der Waals surface area contributed by atoms with E-state index < -0.39 is 5.91 Å². The predicted molar refractivity (Wildman–Crippen MR) is 102 cm³/mol. The number of aromatic nitrogens is 3. The van der Waals surface area contributed by atoms with Crippen LogP contribution in [0.25, 0.3) is 0 Å². The molecule has 27 heavy (non-hydrogen) atoms. The van der Waals surface area contributed by atoms with Gasteiger partial charge in [0, 0.05) is 20.2 Å². The van der Waals surface area contributed by atoms with Crippen LogP contribution in [0.5, 0.6) is 0 Å². The molecule has 0 saturated carbocycles. The second-order valence-corrected chi connectivity index (χ2v) is 7.54. The van der Waals surface area contributed by atoms with Crippen LogP contribution in [0.3, 0.4) is 0 Å². The Labute approximate surface area is 165 Å². The van der Waals surface area contributed by atoms with Gasteiger partial charge in [-0.1, -0.05) is 29.9 Å². The minimum atomic E-state index is -0.493. The van der Waals surface area contributed by atoms with Crippen LogP contribution in [0, 0.1) is 0 Å². The molecule has 4 N–H and O–H groups in total. The second-order valence-electron chi connectivity index (χ2n) is 6.17. The van der Waals surface area contributed by atoms with Crippen molar-refractivity contribution in [3.05, 3.63) is 27.7 Å². The summed E-state index contributed by atoms with van der Waals surface area (Å²) in [6.45, 7) is 3.13. The zero-order valence-electron chi connectivity index (χ0n) is 15.0. The number of nitrogens with two attached hydrogens (primary N) is 1. The molecule has 0 aliphatic carbocycles. The maximum absolute atomic E-state index is 12.5. The predicted octanol–water partition coefficient (Wildman–Crippen LogP) is 1.20. The van der Waals surface area contributed by atoms with E-state index in [9.17, 15) is 9.59 Å². The first-order chi connectivity index (χ1) is 12.9. The number of aryl methyl sites for hydroxylation is 1. The van der Waals surface area contributed by atoms with Crippen LogP contribution in [-0.2, 0) is 11.2 Å². The molecule has 0 spiro atoms. The number of H-pyrrole nitrogens is 1. The molecule has 0 bridgehead atoms. The third-order valence-electron chi connectivity index (χ3n) is 4.48. The molecule has 0 unspecified atom stereocenters. The second kappa shape index (κ2) is 8.24. The molecule has 1 aliphatic rings. The van der Waals surface area contributed by atoms with E-state index in [1.165, 1.54) is 17.5 Å². The standard InChI is InChI=1S/C16H21ClN6O3S/c1-3-8-12(17)22-14(20-8)15(25)21-9-4-5-23(7-10(9)26-2)16-19-6-11(27-16)13(18)24/h6,9-10H,3-5,7H2,1-2H3,(H2,18,24)(H,20,22)(H,21,25)/t9-,10+/m1/s1. The first-order valence-corrected chi connectivity index (χ1v) is 9.71. The van der Waals surface area contributed by atoms with Crippen molar-refractivity contribution >= 4 is 39.9 Å². The van der Waals surface area contributed by atoms with Gasteiger partial charge in [0.15, 0.2) is 16.1 Å². The molecule has 0 aromatic carbocycles. The summed E-state index contributed by atoms with van der Waals surface area (Å²) in [5.74, 6) is -0.615. The molecule has 2 amide bonds. The molecule has 3 heterocycles. The number of aromatic amines is 1. The third kappa shape index (κ3) is 4.23. The number of ether oxygens (including phenoxy) is 1. The fourth-order valence-corrected chi connectivity index (χ4v) is 4.05. The molecule has 9 nitrogen and oxygen atoms in total. The van der Waals surface area contributed by atoms with Crippen LogP contribution in [0.15, 0.2) is 6.20 Å². The number of halogens is 1. The Morgan fingerprint density at radius 2 is 2.33 bits per heavy atom. The number of hydrogen-bond acceptors (Lipinski definition) is 7. The van der Waals surface area contributed by atoms with E-state index >= 15 is 0 Å². The van der Waals surface area contributed by atoms with Crippen molar-refractivity contribution in [3.63, 3.8) is 0 Å². The first-order valence-electron chi connectivity index (χ1n) is 8.51. The number of amides is 2. The Morgan fingerprint density at radius 1 is 1.56 bits per heavy atom. The maximum Gasteiger partial charge on any atom is 0.287 e. The molecule has 1 aliphatic heterocycles. The van der Waals surface area contributed by atoms with Gasteiger partial charge in [-0.2, -0.15) is 0 Å². The lowest BCUT2D eigenvalue weighted by Gasteiger charge is -2.37. The van der Waals surface area contributed by atoms with Gasteiger partial charge in [0.25, 0.3) is 11.8 Å². The average Bonchev–Trinajstić information content (AvgIpc) is 3.29. The molecule has 1 fully saturated rings. The molecular formula is C16H21ClN6O3S. The SMILES string of the molecule is CCc1[nH]c(C(=O)N[C@@H]2CCN(c3ncc(C(N)=O)s3)C[C@@H]2OC)nc1Cl. The first kappa shape index (κ1) is 19.6. The van der Waals surface area contributed by atoms with Gasteiger partial charge in [-0.3, -0.25) is 9.59 Å². The monoisotopic (exact) mass is 412 g/mol. The van der Waals surface area contributed by atoms with E-state index in [-0.39, 0.29) is 23.9 Å². The van der Waals surface area contributed by atoms with Crippen LogP contribution in [0.2, 0.25) is 5.15 Å². The van der Waals surface area contributed by atoms with Crippen molar-refractivity contribution in [2.45, 2.75) is 31.9 Å². The average molecular weight is 413 g/mol. The van der Waals surface area contributed by atoms with Crippen molar-refractivity contribution in [1.29, 1.82) is 0 Å². The molecule has 1 saturated heterocycles. The van der Waals surface area contributed by atoms with Gasteiger partial charge in [-0.15, -0.1) is 0 Å². The highest BCUT2D eigenvalue weighted by atomic mass is 35.5. The number of imidazole rings is 1. The normalized spacial score (nSPS) is 19.9. The summed E-state index contributed by atoms with van der Waals surface area (Å²) in [5.41, 5.74) is 6.02. The Morgan fingerprint density at radius 3 is 2.93 bits per heavy atom. The van der Waals surface area contributed by atoms with Crippen molar-refractivity contribution in [2.24, 2.45) is 5.73 Å². The number of anilines is 1. The van der Waals surface area contributed by atoms with E-state index in [1.54, 1.807) is 7.11 Å². The fourth-order valence-electron chi connectivity index (χ4n) is 2.99. The van der Waals surface area contributed by atoms with Gasteiger partial charge in [-0.05, 0) is 12.8 Å². The fraction of sp³-hybridized carbons (Fsp3) is 0.500. The molecule has 3 rings (SSSR count). The highest BCUT2D eigenvalue weighted by Gasteiger charge is 2.32. The summed E-state index contributed by atoms with van der Waals surface area (Å²) in [6.07, 6.45) is 2.56. The number of piperidine rings is 1. The third-order valence-corrected chi connectivity index (χ3v) is 5.87. The number of methoxy groups -OCH3 is 1. The van der Waals surface area contributed by atoms with E-state index in [0.29, 0.717) is 41.1 Å². The van der Waals surface area contributed by atoms with E-state index in [1.807, 2.05) is 11.8 Å². The summed E-state index contributed by atoms with van der Waals surface area (Å²) in [4.78, 5) is 37.5. The molecule has 2 aromatic rings. The minimum Gasteiger partial charge on any atom is -0.377 e. The van der Waals surface area contributed by atoms with Crippen LogP contribution in [-0.4, -0.2) is 59.1 Å². The lowest BCUT2D eigenvalue weighted by atomic mass is 10.0. The van der Waals surface area contributed by atoms with Gasteiger partial charge in [-0.25, -0.2) is 9.97 Å². The Bertz CT molecular complexity index is 838. The number of rotatable bonds is 6. The summed E-state index contributed by atoms with van der Waals surface area (Å²) < 4.78 is 5.57. The number of thiazole rings is 1. The van der Waals surface area contributed by atoms with Gasteiger partial charge in [0.1, 0.15) is 4.88 Å². The lowest BCUT2D eigenvalue weighted by molar-refractivity contribution is 0.0538. The molecule has 11 heteroatoms. The van der Waals surface area contributed by atoms with Gasteiger partial charge >= 0.3 is 0 Å². The van der Waals surface area contributed by atoms with Gasteiger partial charge < -0.3 is 25.7 Å². The summed E-state index contributed by atoms with van der Waals surface area (Å²) >= 11 is 7.25. The zero-order chi connectivity index (χ0) is 19.6. The van der Waals surface area contributed by atoms with Crippen molar-refractivity contribution in [1.82, 2.24) is 20.3 Å². The van der Waals surface area contributed by atoms with Gasteiger partial charge in [0.2, 0.25) is 0 Å². The van der Waals surface area contributed by atoms with Crippen LogP contribution >= 0.6 is 22.9 Å². The van der Waals surface area contributed by atoms with Crippen molar-refractivity contribution in [3.8, 4) is 0 Å². The number of carbonyl (C=O) groups is 2. The lowest BCUT2D eigenvalue weighted by Crippen LogP contribution is -2.55. The molecule has 146 valence electrons. The van der Waals surface area contributed by atoms with Crippen LogP contribution in [0.1, 0.15) is 39.3 Å². The molecule has 2 atom stereocenters. The van der Waals surface area contributed by atoms with Crippen molar-refractivity contribution < 1.29 is 14.3 Å². The Balaban J connectivity index is 1.65. The van der Waals surface area contributed by atoms with E-state index in [0.717, 1.165) is 5.69 Å². The van der Waals surface area contributed by atoms with E-state index in [4.69, 9.17) is 22.1 Å². The minimum absolute atomic E-state index is 0.178. The molecule has 0 radical (unpaired) electrons. The number of hydrogen-bond donors (Lipinski definition) is 3. The summed E-state index contributed by atoms with van der Waals surface area (Å²) in [6, 6.07) is -0.178. The van der Waals surface area contributed by atoms with Crippen molar-refractivity contribution in [2.75, 3.05) is 25.1 Å². The zero-order valence-corrected chi connectivity index (χ0v) is 16.6. The number of primary amides is 1. The van der Waals surface area contributed by atoms with Crippen LogP contribution in [0.4, 0.5) is 5.13 Å².